The Morgan fingerprint density at radius 1 is 1.06 bits per heavy atom. The third-order valence-corrected chi connectivity index (χ3v) is 7.88. The van der Waals surface area contributed by atoms with Gasteiger partial charge in [0.05, 0.1) is 31.9 Å². The van der Waals surface area contributed by atoms with Gasteiger partial charge in [0.1, 0.15) is 28.9 Å². The molecule has 0 spiro atoms. The van der Waals surface area contributed by atoms with Crippen LogP contribution in [0.2, 0.25) is 0 Å². The van der Waals surface area contributed by atoms with Crippen LogP contribution in [-0.4, -0.2) is 72.2 Å². The second kappa shape index (κ2) is 8.64. The van der Waals surface area contributed by atoms with Gasteiger partial charge in [0.2, 0.25) is 10.0 Å². The summed E-state index contributed by atoms with van der Waals surface area (Å²) in [7, 11) is -2.28. The molecule has 11 nitrogen and oxygen atoms in total. The predicted molar refractivity (Wildman–Crippen MR) is 124 cm³/mol. The van der Waals surface area contributed by atoms with Gasteiger partial charge in [-0.15, -0.1) is 5.10 Å². The number of aromatic nitrogens is 5. The first-order valence-corrected chi connectivity index (χ1v) is 12.5. The van der Waals surface area contributed by atoms with E-state index in [0.29, 0.717) is 17.1 Å². The Hall–Kier alpha value is -3.45. The van der Waals surface area contributed by atoms with Crippen molar-refractivity contribution in [2.24, 2.45) is 0 Å². The summed E-state index contributed by atoms with van der Waals surface area (Å²) in [5.41, 5.74) is 1.20. The fraction of sp³-hybridized carbons (Fsp3) is 0.304. The van der Waals surface area contributed by atoms with Crippen molar-refractivity contribution in [3.05, 3.63) is 60.8 Å². The summed E-state index contributed by atoms with van der Waals surface area (Å²) in [5.74, 6) is 1.24. The van der Waals surface area contributed by atoms with Gasteiger partial charge in [0.25, 0.3) is 0 Å². The molecule has 6 rings (SSSR count). The van der Waals surface area contributed by atoms with E-state index < -0.39 is 28.3 Å². The van der Waals surface area contributed by atoms with E-state index in [1.807, 2.05) is 36.4 Å². The summed E-state index contributed by atoms with van der Waals surface area (Å²) in [6.45, 7) is 0.450. The van der Waals surface area contributed by atoms with Gasteiger partial charge < -0.3 is 14.2 Å². The Kier molecular flexibility index (Phi) is 5.44. The molecule has 2 fully saturated rings. The molecule has 0 bridgehead atoms. The van der Waals surface area contributed by atoms with Crippen LogP contribution in [0, 0.1) is 0 Å². The Bertz CT molecular complexity index is 1490. The van der Waals surface area contributed by atoms with Crippen molar-refractivity contribution >= 4 is 20.9 Å². The average molecular weight is 495 g/mol. The number of tetrazole rings is 1. The number of fused-ring (bicyclic) bond motifs is 2. The number of methoxy groups -OCH3 is 1. The summed E-state index contributed by atoms with van der Waals surface area (Å²) in [6, 6.07) is 15.2. The molecule has 2 aromatic carbocycles. The standard InChI is InChI=1S/C23H22N6O5S/c1-32-16-8-2-6-15(11-16)23-25-27-28-29(23)18-13-34-21-17(12-33-22(18)21)26-35(30,31)19-9-3-5-14-7-4-10-24-20(14)19/h2-11,17-18,21-22,26H,12-13H2,1H3/t17-,18-,21+,22+/m0/s1. The van der Waals surface area contributed by atoms with Crippen LogP contribution < -0.4 is 9.46 Å². The van der Waals surface area contributed by atoms with Gasteiger partial charge in [-0.3, -0.25) is 4.98 Å². The van der Waals surface area contributed by atoms with Crippen molar-refractivity contribution in [3.8, 4) is 17.1 Å². The fourth-order valence-corrected chi connectivity index (χ4v) is 6.13. The molecule has 12 heteroatoms. The van der Waals surface area contributed by atoms with E-state index in [2.05, 4.69) is 25.2 Å². The fourth-order valence-electron chi connectivity index (χ4n) is 4.71. The van der Waals surface area contributed by atoms with E-state index in [1.165, 1.54) is 0 Å². The number of benzene rings is 2. The zero-order chi connectivity index (χ0) is 24.0. The number of pyridine rings is 1. The topological polar surface area (TPSA) is 130 Å². The SMILES string of the molecule is COc1cccc(-c2nnnn2[C@H]2CO[C@H]3[C@@H]2OC[C@@H]3NS(=O)(=O)c2cccc3cccnc23)c1. The van der Waals surface area contributed by atoms with Crippen molar-refractivity contribution in [2.75, 3.05) is 20.3 Å². The van der Waals surface area contributed by atoms with Gasteiger partial charge >= 0.3 is 0 Å². The molecule has 35 heavy (non-hydrogen) atoms. The van der Waals surface area contributed by atoms with Crippen LogP contribution in [0.25, 0.3) is 22.3 Å². The third-order valence-electron chi connectivity index (χ3n) is 6.35. The van der Waals surface area contributed by atoms with Crippen molar-refractivity contribution in [3.63, 3.8) is 0 Å². The maximum absolute atomic E-state index is 13.3. The molecule has 2 aromatic heterocycles. The summed E-state index contributed by atoms with van der Waals surface area (Å²) >= 11 is 0. The van der Waals surface area contributed by atoms with Gasteiger partial charge in [0.15, 0.2) is 5.82 Å². The molecule has 4 aromatic rings. The molecule has 2 aliphatic rings. The number of nitrogens with one attached hydrogen (secondary N) is 1. The van der Waals surface area contributed by atoms with Crippen LogP contribution in [0.4, 0.5) is 0 Å². The molecule has 180 valence electrons. The number of nitrogens with zero attached hydrogens (tertiary/aromatic N) is 5. The van der Waals surface area contributed by atoms with E-state index in [1.54, 1.807) is 36.2 Å². The highest BCUT2D eigenvalue weighted by atomic mass is 32.2. The molecular weight excluding hydrogens is 472 g/mol. The third kappa shape index (κ3) is 3.84. The minimum Gasteiger partial charge on any atom is -0.497 e. The Balaban J connectivity index is 1.25. The average Bonchev–Trinajstić information content (AvgIpc) is 3.61. The Morgan fingerprint density at radius 3 is 2.77 bits per heavy atom. The van der Waals surface area contributed by atoms with E-state index in [9.17, 15) is 8.42 Å². The van der Waals surface area contributed by atoms with Crippen molar-refractivity contribution < 1.29 is 22.6 Å². The van der Waals surface area contributed by atoms with Crippen LogP contribution >= 0.6 is 0 Å². The van der Waals surface area contributed by atoms with E-state index in [-0.39, 0.29) is 24.2 Å². The normalized spacial score (nSPS) is 24.0. The first-order chi connectivity index (χ1) is 17.0. The lowest BCUT2D eigenvalue weighted by molar-refractivity contribution is 0.0626. The molecule has 1 N–H and O–H groups in total. The summed E-state index contributed by atoms with van der Waals surface area (Å²) < 4.78 is 48.4. The van der Waals surface area contributed by atoms with Gasteiger partial charge in [-0.2, -0.15) is 0 Å². The number of para-hydroxylation sites is 1. The number of ether oxygens (including phenoxy) is 3. The second-order valence-electron chi connectivity index (χ2n) is 8.40. The Morgan fingerprint density at radius 2 is 1.89 bits per heavy atom. The molecule has 2 saturated heterocycles. The largest absolute Gasteiger partial charge is 0.497 e. The molecule has 0 aliphatic carbocycles. The van der Waals surface area contributed by atoms with Gasteiger partial charge in [-0.1, -0.05) is 30.3 Å². The maximum atomic E-state index is 13.3. The first-order valence-electron chi connectivity index (χ1n) is 11.1. The molecule has 0 amide bonds. The molecule has 0 radical (unpaired) electrons. The Labute approximate surface area is 201 Å². The van der Waals surface area contributed by atoms with Crippen LogP contribution in [-0.2, 0) is 19.5 Å². The predicted octanol–water partition coefficient (Wildman–Crippen LogP) is 1.58. The van der Waals surface area contributed by atoms with Crippen molar-refractivity contribution in [2.45, 2.75) is 29.2 Å². The van der Waals surface area contributed by atoms with Crippen LogP contribution in [0.3, 0.4) is 0 Å². The maximum Gasteiger partial charge on any atom is 0.243 e. The molecule has 4 heterocycles. The monoisotopic (exact) mass is 494 g/mol. The zero-order valence-electron chi connectivity index (χ0n) is 18.7. The summed E-state index contributed by atoms with van der Waals surface area (Å²) in [6.07, 6.45) is 0.675. The minimum atomic E-state index is -3.87. The number of rotatable bonds is 6. The molecule has 2 aliphatic heterocycles. The number of hydrogen-bond donors (Lipinski definition) is 1. The molecule has 4 atom stereocenters. The van der Waals surface area contributed by atoms with Gasteiger partial charge in [-0.25, -0.2) is 17.8 Å². The summed E-state index contributed by atoms with van der Waals surface area (Å²) in [5, 5.41) is 13.0. The van der Waals surface area contributed by atoms with E-state index in [0.717, 1.165) is 10.9 Å². The lowest BCUT2D eigenvalue weighted by Gasteiger charge is -2.18. The highest BCUT2D eigenvalue weighted by Crippen LogP contribution is 2.36. The van der Waals surface area contributed by atoms with Gasteiger partial charge in [0, 0.05) is 17.1 Å². The number of sulfonamides is 1. The van der Waals surface area contributed by atoms with Crippen LogP contribution in [0.15, 0.2) is 65.7 Å². The van der Waals surface area contributed by atoms with Crippen LogP contribution in [0.1, 0.15) is 6.04 Å². The second-order valence-corrected chi connectivity index (χ2v) is 10.1. The smallest absolute Gasteiger partial charge is 0.243 e. The molecule has 0 saturated carbocycles. The minimum absolute atomic E-state index is 0.120. The first kappa shape index (κ1) is 22.0. The molecular formula is C23H22N6O5S. The molecule has 0 unspecified atom stereocenters. The lowest BCUT2D eigenvalue weighted by Crippen LogP contribution is -2.44. The quantitative estimate of drug-likeness (QED) is 0.424. The van der Waals surface area contributed by atoms with E-state index in [4.69, 9.17) is 14.2 Å². The van der Waals surface area contributed by atoms with Gasteiger partial charge in [-0.05, 0) is 34.7 Å². The number of hydrogen-bond acceptors (Lipinski definition) is 9. The van der Waals surface area contributed by atoms with Crippen molar-refractivity contribution in [1.82, 2.24) is 29.9 Å². The van der Waals surface area contributed by atoms with Crippen molar-refractivity contribution in [1.29, 1.82) is 0 Å². The van der Waals surface area contributed by atoms with Crippen LogP contribution in [0.5, 0.6) is 5.75 Å². The highest BCUT2D eigenvalue weighted by Gasteiger charge is 2.50. The van der Waals surface area contributed by atoms with E-state index >= 15 is 0 Å². The summed E-state index contributed by atoms with van der Waals surface area (Å²) in [4.78, 5) is 4.39. The zero-order valence-corrected chi connectivity index (χ0v) is 19.5. The lowest BCUT2D eigenvalue weighted by atomic mass is 10.1. The highest BCUT2D eigenvalue weighted by molar-refractivity contribution is 7.89.